The second kappa shape index (κ2) is 5.99. The number of aliphatic hydroxyl groups excluding tert-OH is 1. The number of oxazole rings is 1. The molecular weight excluding hydrogens is 280 g/mol. The van der Waals surface area contributed by atoms with E-state index >= 15 is 0 Å². The Labute approximate surface area is 127 Å². The number of para-hydroxylation sites is 1. The summed E-state index contributed by atoms with van der Waals surface area (Å²) in [5.41, 5.74) is 2.29. The molecule has 2 aromatic carbocycles. The van der Waals surface area contributed by atoms with Gasteiger partial charge in [0, 0.05) is 13.5 Å². The number of fused-ring (bicyclic) bond motifs is 1. The molecule has 0 aliphatic rings. The van der Waals surface area contributed by atoms with Gasteiger partial charge in [-0.1, -0.05) is 36.4 Å². The highest BCUT2D eigenvalue weighted by Crippen LogP contribution is 2.20. The number of hydrogen-bond acceptors (Lipinski definition) is 4. The predicted molar refractivity (Wildman–Crippen MR) is 82.5 cm³/mol. The van der Waals surface area contributed by atoms with Crippen molar-refractivity contribution >= 4 is 17.0 Å². The number of carbonyl (C=O) groups excluding carboxylic acids is 1. The molecule has 22 heavy (non-hydrogen) atoms. The molecule has 0 aliphatic heterocycles. The third kappa shape index (κ3) is 2.84. The molecule has 0 aliphatic carbocycles. The van der Waals surface area contributed by atoms with Gasteiger partial charge < -0.3 is 14.8 Å². The van der Waals surface area contributed by atoms with Crippen molar-refractivity contribution in [1.82, 2.24) is 10.3 Å². The van der Waals surface area contributed by atoms with E-state index in [0.717, 1.165) is 5.56 Å². The fourth-order valence-corrected chi connectivity index (χ4v) is 2.32. The first-order valence-corrected chi connectivity index (χ1v) is 7.02. The summed E-state index contributed by atoms with van der Waals surface area (Å²) >= 11 is 0. The molecule has 1 atom stereocenters. The first-order valence-electron chi connectivity index (χ1n) is 7.02. The predicted octanol–water partition coefficient (Wildman–Crippen LogP) is 2.60. The van der Waals surface area contributed by atoms with E-state index in [1.165, 1.54) is 0 Å². The van der Waals surface area contributed by atoms with E-state index in [1.54, 1.807) is 25.1 Å². The lowest BCUT2D eigenvalue weighted by Gasteiger charge is -2.12. The minimum Gasteiger partial charge on any atom is -0.440 e. The van der Waals surface area contributed by atoms with E-state index in [0.29, 0.717) is 22.6 Å². The maximum absolute atomic E-state index is 12.3. The van der Waals surface area contributed by atoms with Gasteiger partial charge in [0.25, 0.3) is 5.91 Å². The summed E-state index contributed by atoms with van der Waals surface area (Å²) in [6.07, 6.45) is -0.749. The highest BCUT2D eigenvalue weighted by Gasteiger charge is 2.15. The summed E-state index contributed by atoms with van der Waals surface area (Å²) in [5.74, 6) is 0.219. The number of benzene rings is 2. The summed E-state index contributed by atoms with van der Waals surface area (Å²) in [6, 6.07) is 14.4. The van der Waals surface area contributed by atoms with Crippen LogP contribution in [0.5, 0.6) is 0 Å². The van der Waals surface area contributed by atoms with Crippen molar-refractivity contribution in [3.8, 4) is 0 Å². The van der Waals surface area contributed by atoms with E-state index in [4.69, 9.17) is 4.42 Å². The van der Waals surface area contributed by atoms with Crippen LogP contribution in [0.1, 0.15) is 27.9 Å². The first-order chi connectivity index (χ1) is 10.6. The van der Waals surface area contributed by atoms with Gasteiger partial charge in [-0.3, -0.25) is 4.79 Å². The van der Waals surface area contributed by atoms with Crippen molar-refractivity contribution < 1.29 is 14.3 Å². The normalized spacial score (nSPS) is 12.3. The fourth-order valence-electron chi connectivity index (χ4n) is 2.32. The molecule has 1 aromatic heterocycles. The number of carbonyl (C=O) groups is 1. The minimum absolute atomic E-state index is 0.131. The van der Waals surface area contributed by atoms with E-state index in [-0.39, 0.29) is 12.5 Å². The minimum atomic E-state index is -0.749. The maximum Gasteiger partial charge on any atom is 0.255 e. The van der Waals surface area contributed by atoms with Crippen molar-refractivity contribution in [3.05, 3.63) is 65.5 Å². The summed E-state index contributed by atoms with van der Waals surface area (Å²) in [7, 11) is 0. The number of hydrogen-bond donors (Lipinski definition) is 2. The molecule has 0 bridgehead atoms. The molecule has 0 saturated carbocycles. The summed E-state index contributed by atoms with van der Waals surface area (Å²) in [4.78, 5) is 16.5. The van der Waals surface area contributed by atoms with Crippen LogP contribution < -0.4 is 5.32 Å². The monoisotopic (exact) mass is 296 g/mol. The number of aromatic nitrogens is 1. The van der Waals surface area contributed by atoms with Crippen LogP contribution >= 0.6 is 0 Å². The van der Waals surface area contributed by atoms with Crippen LogP contribution in [0.25, 0.3) is 11.1 Å². The van der Waals surface area contributed by atoms with Gasteiger partial charge in [-0.05, 0) is 17.7 Å². The Morgan fingerprint density at radius 1 is 1.23 bits per heavy atom. The van der Waals surface area contributed by atoms with Crippen LogP contribution in [0.4, 0.5) is 0 Å². The second-order valence-electron chi connectivity index (χ2n) is 5.02. The zero-order valence-electron chi connectivity index (χ0n) is 12.1. The standard InChI is InChI=1S/C17H16N2O3/c1-11-19-14-9-5-8-13(16(14)22-11)17(21)18-10-15(20)12-6-3-2-4-7-12/h2-9,15,20H,10H2,1H3,(H,18,21)/t15-/m1/s1. The van der Waals surface area contributed by atoms with Gasteiger partial charge in [0.1, 0.15) is 5.52 Å². The highest BCUT2D eigenvalue weighted by atomic mass is 16.3. The molecule has 3 aromatic rings. The third-order valence-corrected chi connectivity index (χ3v) is 3.41. The van der Waals surface area contributed by atoms with Crippen molar-refractivity contribution in [3.63, 3.8) is 0 Å². The molecule has 5 heteroatoms. The number of rotatable bonds is 4. The smallest absolute Gasteiger partial charge is 0.255 e. The van der Waals surface area contributed by atoms with E-state index < -0.39 is 6.10 Å². The molecule has 0 unspecified atom stereocenters. The van der Waals surface area contributed by atoms with Crippen LogP contribution in [0.2, 0.25) is 0 Å². The molecule has 1 heterocycles. The van der Waals surface area contributed by atoms with E-state index in [9.17, 15) is 9.90 Å². The van der Waals surface area contributed by atoms with Gasteiger partial charge in [0.15, 0.2) is 11.5 Å². The molecule has 1 amide bonds. The second-order valence-corrected chi connectivity index (χ2v) is 5.02. The summed E-state index contributed by atoms with van der Waals surface area (Å²) in [6.45, 7) is 1.87. The van der Waals surface area contributed by atoms with Gasteiger partial charge in [-0.2, -0.15) is 0 Å². The lowest BCUT2D eigenvalue weighted by atomic mass is 10.1. The number of aliphatic hydroxyl groups is 1. The molecule has 112 valence electrons. The Hall–Kier alpha value is -2.66. The van der Waals surface area contributed by atoms with Crippen LogP contribution in [0, 0.1) is 6.92 Å². The van der Waals surface area contributed by atoms with E-state index in [2.05, 4.69) is 10.3 Å². The van der Waals surface area contributed by atoms with Crippen molar-refractivity contribution in [2.24, 2.45) is 0 Å². The Bertz CT molecular complexity index is 796. The van der Waals surface area contributed by atoms with Gasteiger partial charge in [-0.25, -0.2) is 4.98 Å². The average molecular weight is 296 g/mol. The first kappa shape index (κ1) is 14.3. The molecule has 0 fully saturated rings. The maximum atomic E-state index is 12.3. The van der Waals surface area contributed by atoms with Gasteiger partial charge in [0.2, 0.25) is 0 Å². The lowest BCUT2D eigenvalue weighted by molar-refractivity contribution is 0.0917. The van der Waals surface area contributed by atoms with E-state index in [1.807, 2.05) is 30.3 Å². The Morgan fingerprint density at radius 2 is 2.00 bits per heavy atom. The van der Waals surface area contributed by atoms with Crippen molar-refractivity contribution in [2.45, 2.75) is 13.0 Å². The Balaban J connectivity index is 1.74. The number of amides is 1. The third-order valence-electron chi connectivity index (χ3n) is 3.41. The number of nitrogens with one attached hydrogen (secondary N) is 1. The topological polar surface area (TPSA) is 75.4 Å². The fraction of sp³-hybridized carbons (Fsp3) is 0.176. The molecule has 5 nitrogen and oxygen atoms in total. The quantitative estimate of drug-likeness (QED) is 0.776. The summed E-state index contributed by atoms with van der Waals surface area (Å²) in [5, 5.41) is 12.8. The average Bonchev–Trinajstić information content (AvgIpc) is 2.93. The molecule has 0 spiro atoms. The highest BCUT2D eigenvalue weighted by molar-refractivity contribution is 6.04. The zero-order valence-corrected chi connectivity index (χ0v) is 12.1. The lowest BCUT2D eigenvalue weighted by Crippen LogP contribution is -2.28. The van der Waals surface area contributed by atoms with Crippen molar-refractivity contribution in [1.29, 1.82) is 0 Å². The van der Waals surface area contributed by atoms with Crippen molar-refractivity contribution in [2.75, 3.05) is 6.54 Å². The van der Waals surface area contributed by atoms with Crippen LogP contribution in [0.3, 0.4) is 0 Å². The van der Waals surface area contributed by atoms with Gasteiger partial charge >= 0.3 is 0 Å². The number of nitrogens with zero attached hydrogens (tertiary/aromatic N) is 1. The summed E-state index contributed by atoms with van der Waals surface area (Å²) < 4.78 is 5.48. The SMILES string of the molecule is Cc1nc2cccc(C(=O)NC[C@@H](O)c3ccccc3)c2o1. The van der Waals surface area contributed by atoms with Gasteiger partial charge in [0.05, 0.1) is 11.7 Å². The Morgan fingerprint density at radius 3 is 2.77 bits per heavy atom. The van der Waals surface area contributed by atoms with Crippen LogP contribution in [0.15, 0.2) is 52.9 Å². The molecule has 3 rings (SSSR count). The Kier molecular flexibility index (Phi) is 3.89. The molecular formula is C17H16N2O3. The molecule has 0 radical (unpaired) electrons. The largest absolute Gasteiger partial charge is 0.440 e. The van der Waals surface area contributed by atoms with Crippen LogP contribution in [-0.4, -0.2) is 22.5 Å². The number of aryl methyl sites for hydroxylation is 1. The zero-order chi connectivity index (χ0) is 15.5. The molecule has 2 N–H and O–H groups in total. The molecule has 0 saturated heterocycles. The van der Waals surface area contributed by atoms with Gasteiger partial charge in [-0.15, -0.1) is 0 Å². The van der Waals surface area contributed by atoms with Crippen LogP contribution in [-0.2, 0) is 0 Å².